The number of likely N-dealkylation sites (tertiary alicyclic amines) is 1. The number of methoxy groups -OCH3 is 1. The maximum atomic E-state index is 11.5. The van der Waals surface area contributed by atoms with Crippen LogP contribution in [-0.2, 0) is 11.3 Å². The molecule has 2 N–H and O–H groups in total. The molecule has 2 atom stereocenters. The molecule has 1 heterocycles. The second-order valence-electron chi connectivity index (χ2n) is 6.05. The number of carbonyl (C=O) groups is 1. The first-order valence-electron chi connectivity index (χ1n) is 7.18. The highest BCUT2D eigenvalue weighted by Crippen LogP contribution is 2.24. The maximum Gasteiger partial charge on any atom is 0.337 e. The van der Waals surface area contributed by atoms with E-state index >= 15 is 0 Å². The summed E-state index contributed by atoms with van der Waals surface area (Å²) in [6.07, 6.45) is 1.30. The van der Waals surface area contributed by atoms with E-state index in [0.29, 0.717) is 11.3 Å². The minimum absolute atomic E-state index is 0.344. The summed E-state index contributed by atoms with van der Waals surface area (Å²) in [6.45, 7) is 7.67. The van der Waals surface area contributed by atoms with Crippen molar-refractivity contribution in [2.45, 2.75) is 26.8 Å². The van der Waals surface area contributed by atoms with Crippen molar-refractivity contribution in [2.24, 2.45) is 11.8 Å². The first kappa shape index (κ1) is 14.9. The van der Waals surface area contributed by atoms with Gasteiger partial charge in [0.25, 0.3) is 0 Å². The van der Waals surface area contributed by atoms with Gasteiger partial charge >= 0.3 is 5.97 Å². The van der Waals surface area contributed by atoms with E-state index in [1.54, 1.807) is 12.1 Å². The molecule has 2 rings (SSSR count). The summed E-state index contributed by atoms with van der Waals surface area (Å²) in [5.74, 6) is 1.12. The number of nitrogen functional groups attached to an aromatic ring is 1. The lowest BCUT2D eigenvalue weighted by Gasteiger charge is -2.35. The summed E-state index contributed by atoms with van der Waals surface area (Å²) in [5, 5.41) is 0. The van der Waals surface area contributed by atoms with E-state index in [9.17, 15) is 4.79 Å². The molecule has 1 fully saturated rings. The molecule has 20 heavy (non-hydrogen) atoms. The van der Waals surface area contributed by atoms with Crippen molar-refractivity contribution in [3.63, 3.8) is 0 Å². The van der Waals surface area contributed by atoms with Crippen LogP contribution in [0, 0.1) is 11.8 Å². The molecule has 1 aliphatic heterocycles. The highest BCUT2D eigenvalue weighted by molar-refractivity contribution is 5.90. The van der Waals surface area contributed by atoms with E-state index < -0.39 is 0 Å². The zero-order valence-electron chi connectivity index (χ0n) is 12.6. The Balaban J connectivity index is 2.08. The number of rotatable bonds is 3. The van der Waals surface area contributed by atoms with Gasteiger partial charge < -0.3 is 10.5 Å². The van der Waals surface area contributed by atoms with Gasteiger partial charge in [0, 0.05) is 25.3 Å². The molecule has 0 amide bonds. The number of hydrogen-bond acceptors (Lipinski definition) is 4. The van der Waals surface area contributed by atoms with Gasteiger partial charge in [0.15, 0.2) is 0 Å². The van der Waals surface area contributed by atoms with Crippen LogP contribution in [0.5, 0.6) is 0 Å². The fourth-order valence-corrected chi connectivity index (χ4v) is 3.15. The smallest absolute Gasteiger partial charge is 0.337 e. The fraction of sp³-hybridized carbons (Fsp3) is 0.562. The maximum absolute atomic E-state index is 11.5. The molecular weight excluding hydrogens is 252 g/mol. The third-order valence-electron chi connectivity index (χ3n) is 3.91. The molecule has 0 radical (unpaired) electrons. The van der Waals surface area contributed by atoms with Crippen LogP contribution in [0.15, 0.2) is 18.2 Å². The van der Waals surface area contributed by atoms with Crippen LogP contribution in [0.4, 0.5) is 5.69 Å². The molecule has 1 aliphatic rings. The third kappa shape index (κ3) is 3.51. The van der Waals surface area contributed by atoms with Crippen LogP contribution in [0.2, 0.25) is 0 Å². The van der Waals surface area contributed by atoms with Gasteiger partial charge in [0.1, 0.15) is 0 Å². The minimum atomic E-state index is -0.344. The fourth-order valence-electron chi connectivity index (χ4n) is 3.15. The van der Waals surface area contributed by atoms with Crippen LogP contribution in [-0.4, -0.2) is 31.1 Å². The Labute approximate surface area is 120 Å². The lowest BCUT2D eigenvalue weighted by Crippen LogP contribution is -2.38. The monoisotopic (exact) mass is 276 g/mol. The lowest BCUT2D eigenvalue weighted by atomic mass is 9.91. The van der Waals surface area contributed by atoms with E-state index in [1.807, 2.05) is 6.07 Å². The first-order valence-corrected chi connectivity index (χ1v) is 7.18. The lowest BCUT2D eigenvalue weighted by molar-refractivity contribution is 0.0601. The number of ether oxygens (including phenoxy) is 1. The zero-order chi connectivity index (χ0) is 14.7. The van der Waals surface area contributed by atoms with Gasteiger partial charge in [-0.05, 0) is 36.0 Å². The van der Waals surface area contributed by atoms with E-state index in [0.717, 1.165) is 37.0 Å². The molecule has 4 heteroatoms. The number of benzene rings is 1. The van der Waals surface area contributed by atoms with Gasteiger partial charge in [-0.1, -0.05) is 19.9 Å². The summed E-state index contributed by atoms with van der Waals surface area (Å²) in [6, 6.07) is 5.43. The summed E-state index contributed by atoms with van der Waals surface area (Å²) in [4.78, 5) is 13.9. The van der Waals surface area contributed by atoms with Gasteiger partial charge in [-0.3, -0.25) is 4.90 Å². The third-order valence-corrected chi connectivity index (χ3v) is 3.91. The minimum Gasteiger partial charge on any atom is -0.465 e. The van der Waals surface area contributed by atoms with Gasteiger partial charge in [-0.2, -0.15) is 0 Å². The van der Waals surface area contributed by atoms with Crippen molar-refractivity contribution in [1.82, 2.24) is 4.90 Å². The van der Waals surface area contributed by atoms with E-state index in [-0.39, 0.29) is 5.97 Å². The van der Waals surface area contributed by atoms with Crippen molar-refractivity contribution in [2.75, 3.05) is 25.9 Å². The van der Waals surface area contributed by atoms with Crippen LogP contribution in [0.3, 0.4) is 0 Å². The van der Waals surface area contributed by atoms with Crippen molar-refractivity contribution in [1.29, 1.82) is 0 Å². The number of esters is 1. The molecule has 110 valence electrons. The number of hydrogen-bond donors (Lipinski definition) is 1. The summed E-state index contributed by atoms with van der Waals surface area (Å²) >= 11 is 0. The number of anilines is 1. The molecule has 0 aromatic heterocycles. The zero-order valence-corrected chi connectivity index (χ0v) is 12.6. The first-order chi connectivity index (χ1) is 9.49. The summed E-state index contributed by atoms with van der Waals surface area (Å²) < 4.78 is 4.70. The molecule has 1 aromatic rings. The molecule has 0 spiro atoms. The Kier molecular flexibility index (Phi) is 4.65. The number of piperidine rings is 1. The SMILES string of the molecule is COC(=O)c1ccc(CN2CC(C)CC(C)C2)c(N)c1. The number of nitrogens with zero attached hydrogens (tertiary/aromatic N) is 1. The Morgan fingerprint density at radius 2 is 2.00 bits per heavy atom. The Morgan fingerprint density at radius 3 is 2.55 bits per heavy atom. The highest BCUT2D eigenvalue weighted by atomic mass is 16.5. The van der Waals surface area contributed by atoms with Gasteiger partial charge in [0.05, 0.1) is 12.7 Å². The Bertz CT molecular complexity index is 477. The molecule has 1 saturated heterocycles. The molecule has 0 saturated carbocycles. The predicted octanol–water partition coefficient (Wildman–Crippen LogP) is 2.53. The van der Waals surface area contributed by atoms with Crippen LogP contribution in [0.1, 0.15) is 36.2 Å². The second kappa shape index (κ2) is 6.27. The van der Waals surface area contributed by atoms with E-state index in [4.69, 9.17) is 10.5 Å². The molecule has 0 aliphatic carbocycles. The van der Waals surface area contributed by atoms with Crippen molar-refractivity contribution < 1.29 is 9.53 Å². The van der Waals surface area contributed by atoms with Gasteiger partial charge in [-0.15, -0.1) is 0 Å². The summed E-state index contributed by atoms with van der Waals surface area (Å²) in [7, 11) is 1.38. The second-order valence-corrected chi connectivity index (χ2v) is 6.05. The quantitative estimate of drug-likeness (QED) is 0.681. The largest absolute Gasteiger partial charge is 0.465 e. The molecule has 1 aromatic carbocycles. The highest BCUT2D eigenvalue weighted by Gasteiger charge is 2.22. The van der Waals surface area contributed by atoms with Crippen molar-refractivity contribution >= 4 is 11.7 Å². The Hall–Kier alpha value is -1.55. The average Bonchev–Trinajstić information content (AvgIpc) is 2.39. The van der Waals surface area contributed by atoms with Crippen LogP contribution in [0.25, 0.3) is 0 Å². The topological polar surface area (TPSA) is 55.6 Å². The van der Waals surface area contributed by atoms with Crippen molar-refractivity contribution in [3.8, 4) is 0 Å². The number of nitrogens with two attached hydrogens (primary N) is 1. The Morgan fingerprint density at radius 1 is 1.35 bits per heavy atom. The van der Waals surface area contributed by atoms with Crippen molar-refractivity contribution in [3.05, 3.63) is 29.3 Å². The van der Waals surface area contributed by atoms with Gasteiger partial charge in [-0.25, -0.2) is 4.79 Å². The van der Waals surface area contributed by atoms with Gasteiger partial charge in [0.2, 0.25) is 0 Å². The average molecular weight is 276 g/mol. The van der Waals surface area contributed by atoms with Crippen LogP contribution >= 0.6 is 0 Å². The number of carbonyl (C=O) groups excluding carboxylic acids is 1. The molecule has 0 bridgehead atoms. The molecular formula is C16H24N2O2. The van der Waals surface area contributed by atoms with Crippen LogP contribution < -0.4 is 5.73 Å². The molecule has 2 unspecified atom stereocenters. The van der Waals surface area contributed by atoms with E-state index in [1.165, 1.54) is 13.5 Å². The standard InChI is InChI=1S/C16H24N2O2/c1-11-6-12(2)9-18(8-11)10-14-5-4-13(7-15(14)17)16(19)20-3/h4-5,7,11-12H,6,8-10,17H2,1-3H3. The molecule has 4 nitrogen and oxygen atoms in total. The van der Waals surface area contributed by atoms with E-state index in [2.05, 4.69) is 18.7 Å². The predicted molar refractivity (Wildman–Crippen MR) is 80.4 cm³/mol. The normalized spacial score (nSPS) is 23.6. The summed E-state index contributed by atoms with van der Waals surface area (Å²) in [5.41, 5.74) is 8.32.